The number of halogens is 1. The molecular weight excluding hydrogens is 682 g/mol. The van der Waals surface area contributed by atoms with E-state index in [9.17, 15) is 14.4 Å². The predicted molar refractivity (Wildman–Crippen MR) is 189 cm³/mol. The second-order valence-corrected chi connectivity index (χ2v) is 13.5. The van der Waals surface area contributed by atoms with E-state index in [2.05, 4.69) is 53.2 Å². The zero-order valence-electron chi connectivity index (χ0n) is 28.8. The van der Waals surface area contributed by atoms with Crippen LogP contribution in [0.5, 0.6) is 0 Å². The van der Waals surface area contributed by atoms with Crippen molar-refractivity contribution in [2.45, 2.75) is 45.6 Å². The molecule has 1 amide bonds. The molecule has 0 bridgehead atoms. The van der Waals surface area contributed by atoms with Crippen LogP contribution in [-0.2, 0) is 28.3 Å². The minimum atomic E-state index is -0.414. The zero-order chi connectivity index (χ0) is 35.0. The van der Waals surface area contributed by atoms with Crippen molar-refractivity contribution in [2.75, 3.05) is 58.4 Å². The van der Waals surface area contributed by atoms with Crippen LogP contribution in [0, 0.1) is 0 Å². The molecule has 2 aliphatic rings. The van der Waals surface area contributed by atoms with Gasteiger partial charge in [0.2, 0.25) is 0 Å². The standard InChI is InChI=1S/C15H19N3O2.C10H9BrN2O2.C9H18N2O2/c1-17-13-10-11(18-8-4-3-5-9-18)6-7-12(13)14(16-17)15(19)20-2;1-13-8-5-6(11)3-4-7(8)9(12-13)10(14)15-2;1-9(2,3)13-8(12)11-6-4-10-5-7-11/h6-7,10H,3-5,8-9H2,1-2H3;3-5H,1-2H3;10H,4-7H2,1-3H3. The maximum Gasteiger partial charge on any atom is 0.410 e. The van der Waals surface area contributed by atoms with E-state index in [4.69, 9.17) is 9.47 Å². The van der Waals surface area contributed by atoms with Crippen LogP contribution in [0.15, 0.2) is 40.9 Å². The van der Waals surface area contributed by atoms with Gasteiger partial charge in [-0.05, 0) is 76.4 Å². The first kappa shape index (κ1) is 36.7. The Bertz CT molecular complexity index is 1730. The van der Waals surface area contributed by atoms with E-state index in [1.807, 2.05) is 52.1 Å². The number of carbonyl (C=O) groups is 3. The molecule has 0 spiro atoms. The first-order valence-electron chi connectivity index (χ1n) is 16.0. The van der Waals surface area contributed by atoms with E-state index >= 15 is 0 Å². The van der Waals surface area contributed by atoms with Crippen LogP contribution in [0.3, 0.4) is 0 Å². The van der Waals surface area contributed by atoms with Crippen molar-refractivity contribution in [1.82, 2.24) is 29.8 Å². The molecule has 0 saturated carbocycles. The van der Waals surface area contributed by atoms with Gasteiger partial charge in [0.25, 0.3) is 0 Å². The van der Waals surface area contributed by atoms with Gasteiger partial charge >= 0.3 is 18.0 Å². The molecule has 2 aliphatic heterocycles. The van der Waals surface area contributed by atoms with Crippen molar-refractivity contribution >= 4 is 61.5 Å². The summed E-state index contributed by atoms with van der Waals surface area (Å²) in [6.07, 6.45) is 3.61. The summed E-state index contributed by atoms with van der Waals surface area (Å²) in [6, 6.07) is 11.8. The van der Waals surface area contributed by atoms with Gasteiger partial charge in [-0.3, -0.25) is 9.36 Å². The van der Waals surface area contributed by atoms with Gasteiger partial charge in [0.05, 0.1) is 25.3 Å². The Morgan fingerprint density at radius 3 is 1.81 bits per heavy atom. The summed E-state index contributed by atoms with van der Waals surface area (Å²) in [6.45, 7) is 11.1. The summed E-state index contributed by atoms with van der Waals surface area (Å²) in [4.78, 5) is 38.8. The number of anilines is 1. The molecule has 260 valence electrons. The third kappa shape index (κ3) is 9.25. The lowest BCUT2D eigenvalue weighted by atomic mass is 10.1. The van der Waals surface area contributed by atoms with Crippen molar-refractivity contribution in [2.24, 2.45) is 14.1 Å². The summed E-state index contributed by atoms with van der Waals surface area (Å²) >= 11 is 3.37. The molecule has 0 aliphatic carbocycles. The summed E-state index contributed by atoms with van der Waals surface area (Å²) < 4.78 is 19.0. The van der Waals surface area contributed by atoms with Crippen molar-refractivity contribution < 1.29 is 28.6 Å². The number of nitrogens with zero attached hydrogens (tertiary/aromatic N) is 6. The maximum atomic E-state index is 11.7. The first-order chi connectivity index (χ1) is 22.8. The number of benzene rings is 2. The van der Waals surface area contributed by atoms with Gasteiger partial charge < -0.3 is 29.3 Å². The SMILES string of the molecule is CC(C)(C)OC(=O)N1CCNCC1.COC(=O)c1nn(C)c2cc(Br)ccc12.COC(=O)c1nn(C)c2cc(N3CCCCC3)ccc12. The Morgan fingerprint density at radius 1 is 0.771 bits per heavy atom. The van der Waals surface area contributed by atoms with Gasteiger partial charge in [-0.1, -0.05) is 15.9 Å². The number of ether oxygens (including phenoxy) is 3. The number of fused-ring (bicyclic) bond motifs is 2. The van der Waals surface area contributed by atoms with E-state index in [1.165, 1.54) is 39.2 Å². The molecule has 14 heteroatoms. The summed E-state index contributed by atoms with van der Waals surface area (Å²) in [5.74, 6) is -0.802. The first-order valence-corrected chi connectivity index (χ1v) is 16.8. The molecule has 13 nitrogen and oxygen atoms in total. The Morgan fingerprint density at radius 2 is 1.29 bits per heavy atom. The normalized spacial score (nSPS) is 14.8. The minimum Gasteiger partial charge on any atom is -0.464 e. The number of carbonyl (C=O) groups excluding carboxylic acids is 3. The molecule has 2 fully saturated rings. The lowest BCUT2D eigenvalue weighted by Gasteiger charge is -2.30. The molecule has 0 unspecified atom stereocenters. The molecule has 2 aromatic carbocycles. The Kier molecular flexibility index (Phi) is 12.4. The second kappa shape index (κ2) is 16.3. The van der Waals surface area contributed by atoms with E-state index < -0.39 is 5.97 Å². The van der Waals surface area contributed by atoms with Crippen LogP contribution >= 0.6 is 15.9 Å². The fourth-order valence-electron chi connectivity index (χ4n) is 5.49. The number of esters is 2. The predicted octanol–water partition coefficient (Wildman–Crippen LogP) is 5.30. The molecule has 2 saturated heterocycles. The lowest BCUT2D eigenvalue weighted by Crippen LogP contribution is -2.48. The fourth-order valence-corrected chi connectivity index (χ4v) is 5.84. The zero-order valence-corrected chi connectivity index (χ0v) is 30.4. The highest BCUT2D eigenvalue weighted by atomic mass is 79.9. The Labute approximate surface area is 289 Å². The number of hydrogen-bond acceptors (Lipinski definition) is 10. The summed E-state index contributed by atoms with van der Waals surface area (Å²) in [7, 11) is 6.38. The number of hydrogen-bond donors (Lipinski definition) is 1. The molecule has 1 N–H and O–H groups in total. The van der Waals surface area contributed by atoms with Crippen LogP contribution in [0.4, 0.5) is 10.5 Å². The minimum absolute atomic E-state index is 0.200. The molecule has 48 heavy (non-hydrogen) atoms. The third-order valence-electron chi connectivity index (χ3n) is 7.90. The molecule has 6 rings (SSSR count). The highest BCUT2D eigenvalue weighted by molar-refractivity contribution is 9.10. The number of methoxy groups -OCH3 is 2. The van der Waals surface area contributed by atoms with Crippen molar-refractivity contribution in [1.29, 1.82) is 0 Å². The molecule has 0 atom stereocenters. The topological polar surface area (TPSA) is 133 Å². The number of aromatic nitrogens is 4. The van der Waals surface area contributed by atoms with Crippen molar-refractivity contribution in [3.8, 4) is 0 Å². The third-order valence-corrected chi connectivity index (χ3v) is 8.39. The van der Waals surface area contributed by atoms with Crippen LogP contribution in [0.25, 0.3) is 21.8 Å². The fraction of sp³-hybridized carbons (Fsp3) is 0.500. The van der Waals surface area contributed by atoms with Gasteiger partial charge in [-0.15, -0.1) is 0 Å². The summed E-state index contributed by atoms with van der Waals surface area (Å²) in [5, 5.41) is 13.2. The van der Waals surface area contributed by atoms with Crippen LogP contribution < -0.4 is 10.2 Å². The average Bonchev–Trinajstić information content (AvgIpc) is 3.60. The number of nitrogens with one attached hydrogen (secondary N) is 1. The van der Waals surface area contributed by atoms with Crippen molar-refractivity contribution in [3.05, 3.63) is 52.3 Å². The highest BCUT2D eigenvalue weighted by Crippen LogP contribution is 2.27. The highest BCUT2D eigenvalue weighted by Gasteiger charge is 2.23. The molecule has 4 aromatic rings. The lowest BCUT2D eigenvalue weighted by molar-refractivity contribution is 0.0228. The maximum absolute atomic E-state index is 11.7. The van der Waals surface area contributed by atoms with E-state index in [1.54, 1.807) is 21.3 Å². The number of piperidine rings is 1. The second-order valence-electron chi connectivity index (χ2n) is 12.6. The van der Waals surface area contributed by atoms with E-state index in [0.29, 0.717) is 11.4 Å². The number of amides is 1. The van der Waals surface area contributed by atoms with E-state index in [-0.39, 0.29) is 17.7 Å². The number of rotatable bonds is 3. The van der Waals surface area contributed by atoms with Gasteiger partial charge in [0.1, 0.15) is 5.60 Å². The van der Waals surface area contributed by atoms with Crippen LogP contribution in [0.2, 0.25) is 0 Å². The quantitative estimate of drug-likeness (QED) is 0.219. The van der Waals surface area contributed by atoms with Gasteiger partial charge in [0.15, 0.2) is 11.4 Å². The van der Waals surface area contributed by atoms with Gasteiger partial charge in [-0.25, -0.2) is 14.4 Å². The summed E-state index contributed by atoms with van der Waals surface area (Å²) in [5.41, 5.74) is 3.41. The van der Waals surface area contributed by atoms with Crippen LogP contribution in [-0.4, -0.2) is 102 Å². The molecule has 4 heterocycles. The molecular formula is C34H46BrN7O6. The van der Waals surface area contributed by atoms with Gasteiger partial charge in [-0.2, -0.15) is 10.2 Å². The Hall–Kier alpha value is -4.17. The van der Waals surface area contributed by atoms with Crippen molar-refractivity contribution in [3.63, 3.8) is 0 Å². The largest absolute Gasteiger partial charge is 0.464 e. The average molecular weight is 729 g/mol. The molecule has 0 radical (unpaired) electrons. The monoisotopic (exact) mass is 727 g/mol. The van der Waals surface area contributed by atoms with Crippen LogP contribution in [0.1, 0.15) is 61.0 Å². The smallest absolute Gasteiger partial charge is 0.410 e. The van der Waals surface area contributed by atoms with Gasteiger partial charge in [0, 0.05) is 74.3 Å². The van der Waals surface area contributed by atoms with E-state index in [0.717, 1.165) is 65.5 Å². The molecule has 2 aromatic heterocycles. The number of piperazine rings is 1. The Balaban J connectivity index is 0.000000167. The number of aryl methyl sites for hydroxylation is 2.